The predicted molar refractivity (Wildman–Crippen MR) is 41.9 cm³/mol. The first-order chi connectivity index (χ1) is 5.18. The second-order valence-corrected chi connectivity index (χ2v) is 5.67. The standard InChI is InChI=1S/C5H9O4PS/c1-6-5-2-7-10(11,8-3-5)9-4-5/h2-4H2,1H3. The van der Waals surface area contributed by atoms with Gasteiger partial charge in [0.05, 0.1) is 19.8 Å². The van der Waals surface area contributed by atoms with E-state index < -0.39 is 12.3 Å². The van der Waals surface area contributed by atoms with E-state index in [1.54, 1.807) is 7.11 Å². The third-order valence-corrected chi connectivity index (χ3v) is 4.17. The van der Waals surface area contributed by atoms with Crippen LogP contribution >= 0.6 is 6.72 Å². The lowest BCUT2D eigenvalue weighted by molar-refractivity contribution is -0.158. The molecule has 0 aliphatic carbocycles. The molecule has 3 saturated heterocycles. The van der Waals surface area contributed by atoms with E-state index in [2.05, 4.69) is 0 Å². The van der Waals surface area contributed by atoms with Crippen molar-refractivity contribution in [2.75, 3.05) is 26.9 Å². The van der Waals surface area contributed by atoms with Gasteiger partial charge in [-0.2, -0.15) is 0 Å². The number of ether oxygens (including phenoxy) is 1. The van der Waals surface area contributed by atoms with Gasteiger partial charge < -0.3 is 18.3 Å². The summed E-state index contributed by atoms with van der Waals surface area (Å²) >= 11 is 4.98. The normalized spacial score (nSPS) is 49.5. The van der Waals surface area contributed by atoms with Crippen molar-refractivity contribution in [3.63, 3.8) is 0 Å². The van der Waals surface area contributed by atoms with Crippen molar-refractivity contribution >= 4 is 18.5 Å². The van der Waals surface area contributed by atoms with Gasteiger partial charge in [0.25, 0.3) is 0 Å². The van der Waals surface area contributed by atoms with Gasteiger partial charge >= 0.3 is 6.72 Å². The summed E-state index contributed by atoms with van der Waals surface area (Å²) in [4.78, 5) is 0. The fraction of sp³-hybridized carbons (Fsp3) is 1.00. The SMILES string of the molecule is COC12COP(=S)(OC1)OC2. The molecule has 0 aromatic rings. The average molecular weight is 196 g/mol. The van der Waals surface area contributed by atoms with Gasteiger partial charge in [0.2, 0.25) is 0 Å². The van der Waals surface area contributed by atoms with E-state index in [0.29, 0.717) is 19.8 Å². The van der Waals surface area contributed by atoms with Crippen LogP contribution in [0.3, 0.4) is 0 Å². The van der Waals surface area contributed by atoms with Crippen LogP contribution in [-0.4, -0.2) is 32.5 Å². The Balaban J connectivity index is 2.18. The van der Waals surface area contributed by atoms with Crippen molar-refractivity contribution in [1.29, 1.82) is 0 Å². The first-order valence-corrected chi connectivity index (χ1v) is 5.83. The number of rotatable bonds is 1. The van der Waals surface area contributed by atoms with E-state index in [1.807, 2.05) is 0 Å². The highest BCUT2D eigenvalue weighted by atomic mass is 32.5. The molecule has 0 saturated carbocycles. The van der Waals surface area contributed by atoms with Gasteiger partial charge in [-0.05, 0) is 11.8 Å². The van der Waals surface area contributed by atoms with Crippen LogP contribution in [0.1, 0.15) is 0 Å². The van der Waals surface area contributed by atoms with Gasteiger partial charge in [-0.3, -0.25) is 0 Å². The molecule has 4 nitrogen and oxygen atoms in total. The minimum atomic E-state index is -2.33. The van der Waals surface area contributed by atoms with Crippen LogP contribution in [0.2, 0.25) is 0 Å². The summed E-state index contributed by atoms with van der Waals surface area (Å²) in [6, 6.07) is 0. The summed E-state index contributed by atoms with van der Waals surface area (Å²) < 4.78 is 20.9. The molecule has 0 radical (unpaired) electrons. The van der Waals surface area contributed by atoms with Crippen molar-refractivity contribution < 1.29 is 18.3 Å². The van der Waals surface area contributed by atoms with Crippen LogP contribution in [0, 0.1) is 0 Å². The molecule has 64 valence electrons. The molecule has 3 fully saturated rings. The molecule has 0 amide bonds. The quantitative estimate of drug-likeness (QED) is 0.576. The van der Waals surface area contributed by atoms with Crippen LogP contribution in [0.15, 0.2) is 0 Å². The molecular weight excluding hydrogens is 187 g/mol. The van der Waals surface area contributed by atoms with Gasteiger partial charge in [-0.25, -0.2) is 0 Å². The molecule has 0 spiro atoms. The van der Waals surface area contributed by atoms with Crippen molar-refractivity contribution in [3.8, 4) is 0 Å². The second-order valence-electron chi connectivity index (χ2n) is 2.65. The van der Waals surface area contributed by atoms with Gasteiger partial charge in [0.15, 0.2) is 0 Å². The van der Waals surface area contributed by atoms with Gasteiger partial charge in [-0.1, -0.05) is 0 Å². The lowest BCUT2D eigenvalue weighted by Gasteiger charge is -2.45. The van der Waals surface area contributed by atoms with Crippen LogP contribution in [0.25, 0.3) is 0 Å². The van der Waals surface area contributed by atoms with Crippen molar-refractivity contribution in [3.05, 3.63) is 0 Å². The highest BCUT2D eigenvalue weighted by Gasteiger charge is 2.47. The summed E-state index contributed by atoms with van der Waals surface area (Å²) in [6.07, 6.45) is 0. The maximum atomic E-state index is 5.22. The molecule has 0 aromatic heterocycles. The zero-order valence-electron chi connectivity index (χ0n) is 6.11. The topological polar surface area (TPSA) is 36.9 Å². The Labute approximate surface area is 70.0 Å². The Hall–Kier alpha value is 0.490. The first kappa shape index (κ1) is 8.10. The minimum absolute atomic E-state index is 0.402. The third-order valence-electron chi connectivity index (χ3n) is 1.89. The smallest absolute Gasteiger partial charge is 0.327 e. The zero-order valence-corrected chi connectivity index (χ0v) is 7.82. The molecule has 3 heterocycles. The van der Waals surface area contributed by atoms with E-state index in [0.717, 1.165) is 0 Å². The summed E-state index contributed by atoms with van der Waals surface area (Å²) in [5.74, 6) is 0. The molecule has 0 atom stereocenters. The maximum absolute atomic E-state index is 5.22. The Morgan fingerprint density at radius 1 is 1.27 bits per heavy atom. The van der Waals surface area contributed by atoms with E-state index >= 15 is 0 Å². The van der Waals surface area contributed by atoms with Crippen molar-refractivity contribution in [2.45, 2.75) is 5.60 Å². The Kier molecular flexibility index (Phi) is 1.83. The number of methoxy groups -OCH3 is 1. The van der Waals surface area contributed by atoms with E-state index in [-0.39, 0.29) is 0 Å². The molecule has 3 aliphatic rings. The molecule has 6 heteroatoms. The molecule has 11 heavy (non-hydrogen) atoms. The van der Waals surface area contributed by atoms with Crippen LogP contribution < -0.4 is 0 Å². The Morgan fingerprint density at radius 2 is 1.73 bits per heavy atom. The average Bonchev–Trinajstić information content (AvgIpc) is 2.07. The first-order valence-electron chi connectivity index (χ1n) is 3.27. The summed E-state index contributed by atoms with van der Waals surface area (Å²) in [7, 11) is 1.62. The number of fused-ring (bicyclic) bond motifs is 3. The van der Waals surface area contributed by atoms with E-state index in [4.69, 9.17) is 30.1 Å². The van der Waals surface area contributed by atoms with Crippen molar-refractivity contribution in [1.82, 2.24) is 0 Å². The monoisotopic (exact) mass is 196 g/mol. The van der Waals surface area contributed by atoms with Crippen LogP contribution in [-0.2, 0) is 30.1 Å². The Morgan fingerprint density at radius 3 is 2.09 bits per heavy atom. The summed E-state index contributed by atoms with van der Waals surface area (Å²) in [6.45, 7) is -0.828. The van der Waals surface area contributed by atoms with E-state index in [1.165, 1.54) is 0 Å². The molecular formula is C5H9O4PS. The van der Waals surface area contributed by atoms with E-state index in [9.17, 15) is 0 Å². The highest BCUT2D eigenvalue weighted by Crippen LogP contribution is 2.58. The lowest BCUT2D eigenvalue weighted by atomic mass is 10.1. The van der Waals surface area contributed by atoms with Gasteiger partial charge in [0.1, 0.15) is 5.60 Å². The molecule has 0 N–H and O–H groups in total. The molecule has 3 rings (SSSR count). The van der Waals surface area contributed by atoms with Crippen LogP contribution in [0.4, 0.5) is 0 Å². The second kappa shape index (κ2) is 2.49. The minimum Gasteiger partial charge on any atom is -0.371 e. The molecule has 0 aromatic carbocycles. The predicted octanol–water partition coefficient (Wildman–Crippen LogP) is 0.673. The largest absolute Gasteiger partial charge is 0.371 e. The fourth-order valence-electron chi connectivity index (χ4n) is 1.00. The van der Waals surface area contributed by atoms with Crippen LogP contribution in [0.5, 0.6) is 0 Å². The number of hydrogen-bond donors (Lipinski definition) is 0. The third kappa shape index (κ3) is 1.26. The lowest BCUT2D eigenvalue weighted by Crippen LogP contribution is -2.52. The molecule has 3 aliphatic heterocycles. The summed E-state index contributed by atoms with van der Waals surface area (Å²) in [5, 5.41) is 0. The molecule has 0 unspecified atom stereocenters. The maximum Gasteiger partial charge on any atom is 0.327 e. The Bertz CT molecular complexity index is 187. The van der Waals surface area contributed by atoms with Gasteiger partial charge in [-0.15, -0.1) is 0 Å². The van der Waals surface area contributed by atoms with Crippen molar-refractivity contribution in [2.24, 2.45) is 0 Å². The molecule has 2 bridgehead atoms. The zero-order chi connectivity index (χ0) is 7.95. The summed E-state index contributed by atoms with van der Waals surface area (Å²) in [5.41, 5.74) is -0.402. The van der Waals surface area contributed by atoms with Gasteiger partial charge in [0, 0.05) is 7.11 Å². The fourth-order valence-corrected chi connectivity index (χ4v) is 2.88. The number of hydrogen-bond acceptors (Lipinski definition) is 5. The highest BCUT2D eigenvalue weighted by molar-refractivity contribution is 8.07.